The summed E-state index contributed by atoms with van der Waals surface area (Å²) >= 11 is 0. The molecule has 0 amide bonds. The first kappa shape index (κ1) is 11.7. The van der Waals surface area contributed by atoms with E-state index in [4.69, 9.17) is 0 Å². The third kappa shape index (κ3) is 2.48. The first-order chi connectivity index (χ1) is 7.92. The number of rotatable bonds is 2. The van der Waals surface area contributed by atoms with Gasteiger partial charge in [0.2, 0.25) is 0 Å². The lowest BCUT2D eigenvalue weighted by atomic mass is 10.1. The van der Waals surface area contributed by atoms with Crippen LogP contribution >= 0.6 is 12.4 Å². The summed E-state index contributed by atoms with van der Waals surface area (Å²) in [5, 5.41) is 4.50. The molecule has 0 unspecified atom stereocenters. The van der Waals surface area contributed by atoms with Gasteiger partial charge in [0.15, 0.2) is 0 Å². The third-order valence-electron chi connectivity index (χ3n) is 2.59. The second kappa shape index (κ2) is 5.02. The Morgan fingerprint density at radius 3 is 2.12 bits per heavy atom. The molecule has 0 saturated heterocycles. The Balaban J connectivity index is 0.00000108. The second-order valence-corrected chi connectivity index (χ2v) is 3.79. The highest BCUT2D eigenvalue weighted by Gasteiger charge is 2.14. The van der Waals surface area contributed by atoms with Crippen LogP contribution in [0.5, 0.6) is 0 Å². The van der Waals surface area contributed by atoms with E-state index in [2.05, 4.69) is 22.4 Å². The van der Waals surface area contributed by atoms with Crippen LogP contribution in [0.1, 0.15) is 5.56 Å². The van der Waals surface area contributed by atoms with Crippen molar-refractivity contribution in [3.05, 3.63) is 60.2 Å². The Bertz CT molecular complexity index is 535. The molecule has 3 heteroatoms. The van der Waals surface area contributed by atoms with Crippen molar-refractivity contribution in [1.29, 1.82) is 0 Å². The quantitative estimate of drug-likeness (QED) is 0.770. The predicted octanol–water partition coefficient (Wildman–Crippen LogP) is 3.63. The molecule has 0 atom stereocenters. The van der Waals surface area contributed by atoms with Crippen molar-refractivity contribution in [2.24, 2.45) is 4.99 Å². The molecule has 0 bridgehead atoms. The monoisotopic (exact) mass is 243 g/mol. The van der Waals surface area contributed by atoms with E-state index in [0.717, 1.165) is 23.6 Å². The largest absolute Gasteiger partial charge is 0.231 e. The minimum atomic E-state index is 0. The van der Waals surface area contributed by atoms with Gasteiger partial charge in [-0.3, -0.25) is 0 Å². The number of para-hydroxylation sites is 2. The Labute approximate surface area is 107 Å². The van der Waals surface area contributed by atoms with Crippen molar-refractivity contribution in [3.63, 3.8) is 0 Å². The number of aliphatic imine (C=N–C) groups is 1. The highest BCUT2D eigenvalue weighted by Crippen LogP contribution is 2.30. The van der Waals surface area contributed by atoms with Crippen LogP contribution in [0.25, 0.3) is 0 Å². The number of halogens is 1. The fourth-order valence-corrected chi connectivity index (χ4v) is 1.81. The molecular weight excluding hydrogens is 232 g/mol. The van der Waals surface area contributed by atoms with E-state index in [0.29, 0.717) is 0 Å². The topological polar surface area (TPSA) is 26.5 Å². The normalized spacial score (nSPS) is 12.1. The Hall–Kier alpha value is -1.80. The molecule has 2 nitrogen and oxygen atoms in total. The molecule has 3 rings (SSSR count). The van der Waals surface area contributed by atoms with Crippen LogP contribution in [-0.2, 0) is 6.42 Å². The van der Waals surface area contributed by atoms with E-state index >= 15 is 0 Å². The zero-order valence-corrected chi connectivity index (χ0v) is 10.0. The Morgan fingerprint density at radius 2 is 1.41 bits per heavy atom. The number of nitrogens with zero attached hydrogens (tertiary/aromatic N) is 2. The minimum Gasteiger partial charge on any atom is -0.231 e. The van der Waals surface area contributed by atoms with Gasteiger partial charge < -0.3 is 0 Å². The first-order valence-corrected chi connectivity index (χ1v) is 5.34. The second-order valence-electron chi connectivity index (χ2n) is 3.79. The highest BCUT2D eigenvalue weighted by atomic mass is 35.5. The maximum Gasteiger partial charge on any atom is 0.134 e. The Morgan fingerprint density at radius 1 is 0.765 bits per heavy atom. The summed E-state index contributed by atoms with van der Waals surface area (Å²) in [7, 11) is 0. The van der Waals surface area contributed by atoms with Crippen LogP contribution in [-0.4, -0.2) is 5.84 Å². The van der Waals surface area contributed by atoms with E-state index < -0.39 is 0 Å². The standard InChI is InChI=1S/C14H11N2.ClH/c1-2-6-11(7-3-1)10-14-15-12-8-4-5-9-13(12)16-14;/h1-9H,10H2;1H. The summed E-state index contributed by atoms with van der Waals surface area (Å²) in [5.41, 5.74) is 3.21. The SMILES string of the molecule is Cl.c1ccc(CC2=Nc3ccccc3[N]2)cc1. The predicted molar refractivity (Wildman–Crippen MR) is 72.7 cm³/mol. The molecule has 0 spiro atoms. The number of amidine groups is 1. The summed E-state index contributed by atoms with van der Waals surface area (Å²) in [5.74, 6) is 0.896. The lowest BCUT2D eigenvalue weighted by Crippen LogP contribution is -2.09. The summed E-state index contributed by atoms with van der Waals surface area (Å²) in [6.07, 6.45) is 0.801. The van der Waals surface area contributed by atoms with E-state index in [1.165, 1.54) is 5.56 Å². The first-order valence-electron chi connectivity index (χ1n) is 5.34. The van der Waals surface area contributed by atoms with Crippen LogP contribution in [0.3, 0.4) is 0 Å². The van der Waals surface area contributed by atoms with Crippen LogP contribution in [0.4, 0.5) is 11.4 Å². The number of fused-ring (bicyclic) bond motifs is 1. The minimum absolute atomic E-state index is 0. The van der Waals surface area contributed by atoms with E-state index in [1.54, 1.807) is 0 Å². The molecule has 17 heavy (non-hydrogen) atoms. The maximum atomic E-state index is 4.50. The molecule has 0 saturated carbocycles. The molecule has 1 aliphatic heterocycles. The van der Waals surface area contributed by atoms with Crippen LogP contribution in [0.2, 0.25) is 0 Å². The Kier molecular flexibility index (Phi) is 3.45. The van der Waals surface area contributed by atoms with E-state index in [-0.39, 0.29) is 12.4 Å². The molecular formula is C14H12ClN2. The lowest BCUT2D eigenvalue weighted by molar-refractivity contribution is 1.20. The summed E-state index contributed by atoms with van der Waals surface area (Å²) < 4.78 is 0. The van der Waals surface area contributed by atoms with Crippen molar-refractivity contribution >= 4 is 29.6 Å². The number of hydrogen-bond acceptors (Lipinski definition) is 1. The van der Waals surface area contributed by atoms with Gasteiger partial charge in [0, 0.05) is 6.42 Å². The van der Waals surface area contributed by atoms with Crippen molar-refractivity contribution in [2.75, 3.05) is 0 Å². The van der Waals surface area contributed by atoms with Crippen LogP contribution in [0, 0.1) is 0 Å². The maximum absolute atomic E-state index is 4.50. The molecule has 2 aromatic rings. The summed E-state index contributed by atoms with van der Waals surface area (Å²) in [6, 6.07) is 18.3. The van der Waals surface area contributed by atoms with Crippen LogP contribution < -0.4 is 5.32 Å². The van der Waals surface area contributed by atoms with Crippen molar-refractivity contribution in [3.8, 4) is 0 Å². The molecule has 0 aliphatic carbocycles. The summed E-state index contributed by atoms with van der Waals surface area (Å²) in [4.78, 5) is 4.50. The van der Waals surface area contributed by atoms with Gasteiger partial charge in [0.1, 0.15) is 5.84 Å². The zero-order chi connectivity index (χ0) is 10.8. The molecule has 85 valence electrons. The molecule has 1 aliphatic rings. The van der Waals surface area contributed by atoms with Crippen LogP contribution in [0.15, 0.2) is 59.6 Å². The van der Waals surface area contributed by atoms with Crippen molar-refractivity contribution in [2.45, 2.75) is 6.42 Å². The van der Waals surface area contributed by atoms with E-state index in [9.17, 15) is 0 Å². The van der Waals surface area contributed by atoms with Crippen molar-refractivity contribution in [1.82, 2.24) is 5.32 Å². The average Bonchev–Trinajstić information content (AvgIpc) is 2.72. The molecule has 0 aromatic heterocycles. The van der Waals surface area contributed by atoms with Gasteiger partial charge in [-0.2, -0.15) is 0 Å². The van der Waals surface area contributed by atoms with Gasteiger partial charge in [-0.1, -0.05) is 42.5 Å². The fraction of sp³-hybridized carbons (Fsp3) is 0.0714. The van der Waals surface area contributed by atoms with Gasteiger partial charge in [0.05, 0.1) is 11.4 Å². The highest BCUT2D eigenvalue weighted by molar-refractivity contribution is 5.97. The molecule has 0 fully saturated rings. The molecule has 1 heterocycles. The fourth-order valence-electron chi connectivity index (χ4n) is 1.81. The average molecular weight is 244 g/mol. The lowest BCUT2D eigenvalue weighted by Gasteiger charge is -1.99. The van der Waals surface area contributed by atoms with Crippen molar-refractivity contribution < 1.29 is 0 Å². The molecule has 1 radical (unpaired) electrons. The van der Waals surface area contributed by atoms with Gasteiger partial charge in [0.25, 0.3) is 0 Å². The third-order valence-corrected chi connectivity index (χ3v) is 2.59. The van der Waals surface area contributed by atoms with Gasteiger partial charge in [-0.15, -0.1) is 12.4 Å². The number of benzene rings is 2. The zero-order valence-electron chi connectivity index (χ0n) is 9.21. The van der Waals surface area contributed by atoms with Gasteiger partial charge in [-0.25, -0.2) is 10.3 Å². The van der Waals surface area contributed by atoms with Gasteiger partial charge >= 0.3 is 0 Å². The smallest absolute Gasteiger partial charge is 0.134 e. The van der Waals surface area contributed by atoms with E-state index in [1.807, 2.05) is 42.5 Å². The molecule has 0 N–H and O–H groups in total. The number of hydrogen-bond donors (Lipinski definition) is 0. The van der Waals surface area contributed by atoms with Gasteiger partial charge in [-0.05, 0) is 17.7 Å². The summed E-state index contributed by atoms with van der Waals surface area (Å²) in [6.45, 7) is 0. The molecule has 2 aromatic carbocycles.